The van der Waals surface area contributed by atoms with Gasteiger partial charge in [0.2, 0.25) is 0 Å². The van der Waals surface area contributed by atoms with Crippen LogP contribution in [-0.4, -0.2) is 35.2 Å². The topological polar surface area (TPSA) is 69.8 Å². The molecule has 1 aliphatic heterocycles. The summed E-state index contributed by atoms with van der Waals surface area (Å²) in [4.78, 5) is 12.1. The standard InChI is InChI=1S/C13H20N4O/c1-8-12(7-15-17-8)13(18)16-11-3-2-9-5-14-6-10(9)4-11/h7,9-11,14H,2-6H2,1H3,(H,15,17)(H,16,18)/t9-,10+,11?/m0/s1. The van der Waals surface area contributed by atoms with Gasteiger partial charge in [0.15, 0.2) is 0 Å². The number of aromatic amines is 1. The van der Waals surface area contributed by atoms with Gasteiger partial charge in [0.1, 0.15) is 0 Å². The van der Waals surface area contributed by atoms with E-state index in [-0.39, 0.29) is 5.91 Å². The fraction of sp³-hybridized carbons (Fsp3) is 0.692. The minimum Gasteiger partial charge on any atom is -0.349 e. The van der Waals surface area contributed by atoms with Crippen LogP contribution >= 0.6 is 0 Å². The summed E-state index contributed by atoms with van der Waals surface area (Å²) in [6.07, 6.45) is 5.05. The Bertz CT molecular complexity index is 442. The summed E-state index contributed by atoms with van der Waals surface area (Å²) in [5.41, 5.74) is 1.50. The van der Waals surface area contributed by atoms with Crippen molar-refractivity contribution >= 4 is 5.91 Å². The van der Waals surface area contributed by atoms with E-state index in [0.29, 0.717) is 11.6 Å². The van der Waals surface area contributed by atoms with Gasteiger partial charge in [-0.05, 0) is 51.1 Å². The van der Waals surface area contributed by atoms with Crippen molar-refractivity contribution in [3.05, 3.63) is 17.5 Å². The molecule has 0 spiro atoms. The lowest BCUT2D eigenvalue weighted by Crippen LogP contribution is -2.40. The van der Waals surface area contributed by atoms with Crippen molar-refractivity contribution in [2.45, 2.75) is 32.2 Å². The van der Waals surface area contributed by atoms with E-state index in [1.807, 2.05) is 6.92 Å². The second kappa shape index (κ2) is 4.72. The smallest absolute Gasteiger partial charge is 0.254 e. The molecule has 98 valence electrons. The maximum absolute atomic E-state index is 12.1. The third-order valence-corrected chi connectivity index (χ3v) is 4.36. The molecule has 1 amide bonds. The fourth-order valence-corrected chi connectivity index (χ4v) is 3.27. The van der Waals surface area contributed by atoms with Crippen molar-refractivity contribution in [2.24, 2.45) is 11.8 Å². The summed E-state index contributed by atoms with van der Waals surface area (Å²) in [7, 11) is 0. The summed E-state index contributed by atoms with van der Waals surface area (Å²) >= 11 is 0. The van der Waals surface area contributed by atoms with Gasteiger partial charge in [-0.3, -0.25) is 9.89 Å². The quantitative estimate of drug-likeness (QED) is 0.726. The van der Waals surface area contributed by atoms with E-state index in [4.69, 9.17) is 0 Å². The highest BCUT2D eigenvalue weighted by Gasteiger charge is 2.34. The Labute approximate surface area is 107 Å². The molecule has 2 aliphatic rings. The predicted octanol–water partition coefficient (Wildman–Crippen LogP) is 0.836. The van der Waals surface area contributed by atoms with Crippen LogP contribution in [-0.2, 0) is 0 Å². The van der Waals surface area contributed by atoms with Crippen LogP contribution in [0.25, 0.3) is 0 Å². The van der Waals surface area contributed by atoms with Gasteiger partial charge in [-0.25, -0.2) is 0 Å². The molecule has 1 aromatic heterocycles. The highest BCUT2D eigenvalue weighted by atomic mass is 16.1. The zero-order valence-electron chi connectivity index (χ0n) is 10.7. The molecule has 1 saturated carbocycles. The van der Waals surface area contributed by atoms with Crippen molar-refractivity contribution < 1.29 is 4.79 Å². The first kappa shape index (κ1) is 11.7. The number of aryl methyl sites for hydroxylation is 1. The van der Waals surface area contributed by atoms with Crippen LogP contribution < -0.4 is 10.6 Å². The van der Waals surface area contributed by atoms with Crippen LogP contribution in [0.2, 0.25) is 0 Å². The normalized spacial score (nSPS) is 31.1. The van der Waals surface area contributed by atoms with Gasteiger partial charge in [0, 0.05) is 11.7 Å². The molecular formula is C13H20N4O. The predicted molar refractivity (Wildman–Crippen MR) is 68.3 cm³/mol. The highest BCUT2D eigenvalue weighted by molar-refractivity contribution is 5.95. The minimum absolute atomic E-state index is 0.00987. The number of carbonyl (C=O) groups is 1. The molecule has 18 heavy (non-hydrogen) atoms. The molecule has 5 heteroatoms. The average molecular weight is 248 g/mol. The van der Waals surface area contributed by atoms with Gasteiger partial charge in [-0.15, -0.1) is 0 Å². The number of hydrogen-bond acceptors (Lipinski definition) is 3. The van der Waals surface area contributed by atoms with E-state index in [0.717, 1.165) is 43.5 Å². The van der Waals surface area contributed by atoms with Gasteiger partial charge in [0.25, 0.3) is 5.91 Å². The molecule has 1 aliphatic carbocycles. The first-order valence-corrected chi connectivity index (χ1v) is 6.75. The number of carbonyl (C=O) groups excluding carboxylic acids is 1. The Kier molecular flexibility index (Phi) is 3.07. The largest absolute Gasteiger partial charge is 0.349 e. The van der Waals surface area contributed by atoms with Crippen LogP contribution in [0.3, 0.4) is 0 Å². The zero-order chi connectivity index (χ0) is 12.5. The van der Waals surface area contributed by atoms with Crippen molar-refractivity contribution in [1.29, 1.82) is 0 Å². The number of nitrogens with zero attached hydrogens (tertiary/aromatic N) is 1. The summed E-state index contributed by atoms with van der Waals surface area (Å²) < 4.78 is 0. The summed E-state index contributed by atoms with van der Waals surface area (Å²) in [6.45, 7) is 4.15. The molecule has 3 rings (SSSR count). The number of hydrogen-bond donors (Lipinski definition) is 3. The van der Waals surface area contributed by atoms with Crippen molar-refractivity contribution in [1.82, 2.24) is 20.8 Å². The Balaban J connectivity index is 1.60. The lowest BCUT2D eigenvalue weighted by molar-refractivity contribution is 0.0913. The number of nitrogens with one attached hydrogen (secondary N) is 3. The molecule has 3 atom stereocenters. The van der Waals surface area contributed by atoms with E-state index in [9.17, 15) is 4.79 Å². The number of fused-ring (bicyclic) bond motifs is 1. The number of amides is 1. The van der Waals surface area contributed by atoms with Crippen LogP contribution in [0.4, 0.5) is 0 Å². The number of aromatic nitrogens is 2. The van der Waals surface area contributed by atoms with Crippen LogP contribution in [0.5, 0.6) is 0 Å². The summed E-state index contributed by atoms with van der Waals surface area (Å²) in [5, 5.41) is 13.3. The fourth-order valence-electron chi connectivity index (χ4n) is 3.27. The Hall–Kier alpha value is -1.36. The van der Waals surface area contributed by atoms with Crippen LogP contribution in [0.1, 0.15) is 35.3 Å². The lowest BCUT2D eigenvalue weighted by Gasteiger charge is -2.31. The first-order valence-electron chi connectivity index (χ1n) is 6.75. The van der Waals surface area contributed by atoms with E-state index in [1.54, 1.807) is 6.20 Å². The Morgan fingerprint density at radius 3 is 3.00 bits per heavy atom. The van der Waals surface area contributed by atoms with E-state index < -0.39 is 0 Å². The average Bonchev–Trinajstić information content (AvgIpc) is 2.96. The Morgan fingerprint density at radius 2 is 2.22 bits per heavy atom. The maximum Gasteiger partial charge on any atom is 0.254 e. The van der Waals surface area contributed by atoms with Crippen molar-refractivity contribution in [3.8, 4) is 0 Å². The Morgan fingerprint density at radius 1 is 1.39 bits per heavy atom. The van der Waals surface area contributed by atoms with Crippen LogP contribution in [0, 0.1) is 18.8 Å². The molecule has 0 radical (unpaired) electrons. The molecule has 0 aromatic carbocycles. The molecule has 1 unspecified atom stereocenters. The summed E-state index contributed by atoms with van der Waals surface area (Å²) in [6, 6.07) is 0.327. The third-order valence-electron chi connectivity index (χ3n) is 4.36. The van der Waals surface area contributed by atoms with Gasteiger partial charge in [-0.2, -0.15) is 5.10 Å². The van der Waals surface area contributed by atoms with Crippen molar-refractivity contribution in [2.75, 3.05) is 13.1 Å². The first-order chi connectivity index (χ1) is 8.74. The maximum atomic E-state index is 12.1. The number of rotatable bonds is 2. The molecule has 0 bridgehead atoms. The van der Waals surface area contributed by atoms with Gasteiger partial charge in [-0.1, -0.05) is 0 Å². The molecule has 5 nitrogen and oxygen atoms in total. The molecule has 1 saturated heterocycles. The van der Waals surface area contributed by atoms with E-state index in [1.165, 1.54) is 6.42 Å². The molecule has 1 aromatic rings. The number of H-pyrrole nitrogens is 1. The van der Waals surface area contributed by atoms with Gasteiger partial charge in [0.05, 0.1) is 11.8 Å². The SMILES string of the molecule is Cc1[nH]ncc1C(=O)NC1CC[C@H]2CNC[C@H]2C1. The van der Waals surface area contributed by atoms with Crippen LogP contribution in [0.15, 0.2) is 6.20 Å². The molecule has 2 fully saturated rings. The molecule has 2 heterocycles. The molecular weight excluding hydrogens is 228 g/mol. The van der Waals surface area contributed by atoms with Crippen molar-refractivity contribution in [3.63, 3.8) is 0 Å². The summed E-state index contributed by atoms with van der Waals surface area (Å²) in [5.74, 6) is 1.58. The van der Waals surface area contributed by atoms with Gasteiger partial charge < -0.3 is 10.6 Å². The minimum atomic E-state index is 0.00987. The third kappa shape index (κ3) is 2.14. The van der Waals surface area contributed by atoms with E-state index in [2.05, 4.69) is 20.8 Å². The second-order valence-electron chi connectivity index (χ2n) is 5.57. The zero-order valence-corrected chi connectivity index (χ0v) is 10.7. The second-order valence-corrected chi connectivity index (χ2v) is 5.57. The highest BCUT2D eigenvalue weighted by Crippen LogP contribution is 2.32. The monoisotopic (exact) mass is 248 g/mol. The van der Waals surface area contributed by atoms with Gasteiger partial charge >= 0.3 is 0 Å². The lowest BCUT2D eigenvalue weighted by atomic mass is 9.79. The van der Waals surface area contributed by atoms with E-state index >= 15 is 0 Å². The molecule has 3 N–H and O–H groups in total.